The summed E-state index contributed by atoms with van der Waals surface area (Å²) < 4.78 is 3.69. The smallest absolute Gasteiger partial charge is 0.261 e. The molecule has 2 N–H and O–H groups in total. The van der Waals surface area contributed by atoms with Crippen LogP contribution in [0.1, 0.15) is 52.9 Å². The summed E-state index contributed by atoms with van der Waals surface area (Å²) in [7, 11) is 1.81. The van der Waals surface area contributed by atoms with Gasteiger partial charge in [0.1, 0.15) is 11.4 Å². The fourth-order valence-electron chi connectivity index (χ4n) is 3.18. The molecule has 0 saturated heterocycles. The van der Waals surface area contributed by atoms with Crippen LogP contribution in [0.25, 0.3) is 5.82 Å². The van der Waals surface area contributed by atoms with Gasteiger partial charge in [-0.15, -0.1) is 0 Å². The van der Waals surface area contributed by atoms with Crippen molar-refractivity contribution in [1.29, 1.82) is 0 Å². The van der Waals surface area contributed by atoms with E-state index in [0.717, 1.165) is 11.4 Å². The molecule has 152 valence electrons. The molecule has 0 fully saturated rings. The Labute approximate surface area is 170 Å². The lowest BCUT2D eigenvalue weighted by Crippen LogP contribution is -2.40. The second-order valence-electron chi connectivity index (χ2n) is 8.19. The van der Waals surface area contributed by atoms with Gasteiger partial charge in [0.15, 0.2) is 0 Å². The first kappa shape index (κ1) is 20.4. The zero-order valence-electron chi connectivity index (χ0n) is 17.7. The van der Waals surface area contributed by atoms with E-state index in [9.17, 15) is 9.59 Å². The molecule has 3 rings (SSSR count). The van der Waals surface area contributed by atoms with Gasteiger partial charge in [0.2, 0.25) is 0 Å². The Morgan fingerprint density at radius 2 is 1.52 bits per heavy atom. The SMILES string of the molecule is Cc1ccc(C)n1-c1c(C(=O)Nc2ccc(C(=O)NC(C)(C)C)cc2)cnn1C. The number of carbonyl (C=O) groups is 2. The monoisotopic (exact) mass is 393 g/mol. The van der Waals surface area contributed by atoms with Crippen molar-refractivity contribution in [2.24, 2.45) is 7.05 Å². The highest BCUT2D eigenvalue weighted by atomic mass is 16.2. The summed E-state index contributed by atoms with van der Waals surface area (Å²) in [5.41, 5.74) is 3.36. The lowest BCUT2D eigenvalue weighted by Gasteiger charge is -2.20. The van der Waals surface area contributed by atoms with Crippen LogP contribution in [0.4, 0.5) is 5.69 Å². The van der Waals surface area contributed by atoms with Crippen LogP contribution in [-0.2, 0) is 7.05 Å². The molecule has 0 aliphatic carbocycles. The summed E-state index contributed by atoms with van der Waals surface area (Å²) in [4.78, 5) is 25.2. The molecule has 2 heterocycles. The minimum absolute atomic E-state index is 0.150. The van der Waals surface area contributed by atoms with Gasteiger partial charge in [-0.2, -0.15) is 5.10 Å². The number of nitrogens with one attached hydrogen (secondary N) is 2. The summed E-state index contributed by atoms with van der Waals surface area (Å²) in [5.74, 6) is 0.305. The number of aromatic nitrogens is 3. The van der Waals surface area contributed by atoms with Gasteiger partial charge in [-0.3, -0.25) is 14.3 Å². The Kier molecular flexibility index (Phi) is 5.33. The lowest BCUT2D eigenvalue weighted by molar-refractivity contribution is 0.0919. The van der Waals surface area contributed by atoms with Crippen LogP contribution in [-0.4, -0.2) is 31.7 Å². The Balaban J connectivity index is 1.81. The normalized spacial score (nSPS) is 11.4. The van der Waals surface area contributed by atoms with Crippen LogP contribution in [0.15, 0.2) is 42.6 Å². The zero-order valence-corrected chi connectivity index (χ0v) is 17.7. The van der Waals surface area contributed by atoms with E-state index in [0.29, 0.717) is 22.6 Å². The standard InChI is InChI=1S/C22H27N5O2/c1-14-7-8-15(2)27(14)21-18(13-23-26(21)6)20(29)24-17-11-9-16(10-12-17)19(28)25-22(3,4)5/h7-13H,1-6H3,(H,24,29)(H,25,28). The van der Waals surface area contributed by atoms with Gasteiger partial charge in [0, 0.05) is 35.2 Å². The van der Waals surface area contributed by atoms with Gasteiger partial charge in [0.05, 0.1) is 6.20 Å². The molecule has 0 aliphatic heterocycles. The van der Waals surface area contributed by atoms with Crippen molar-refractivity contribution in [1.82, 2.24) is 19.7 Å². The number of aryl methyl sites for hydroxylation is 3. The highest BCUT2D eigenvalue weighted by molar-refractivity contribution is 6.06. The molecule has 0 bridgehead atoms. The second-order valence-corrected chi connectivity index (χ2v) is 8.19. The van der Waals surface area contributed by atoms with E-state index >= 15 is 0 Å². The van der Waals surface area contributed by atoms with Gasteiger partial charge in [-0.1, -0.05) is 0 Å². The highest BCUT2D eigenvalue weighted by Gasteiger charge is 2.20. The Morgan fingerprint density at radius 1 is 0.931 bits per heavy atom. The molecule has 0 unspecified atom stereocenters. The maximum absolute atomic E-state index is 12.9. The minimum Gasteiger partial charge on any atom is -0.347 e. The Morgan fingerprint density at radius 3 is 2.07 bits per heavy atom. The van der Waals surface area contributed by atoms with E-state index in [1.807, 2.05) is 58.4 Å². The van der Waals surface area contributed by atoms with Crippen molar-refractivity contribution in [2.45, 2.75) is 40.2 Å². The van der Waals surface area contributed by atoms with Gasteiger partial charge < -0.3 is 15.2 Å². The van der Waals surface area contributed by atoms with Crippen molar-refractivity contribution < 1.29 is 9.59 Å². The Hall–Kier alpha value is -3.35. The maximum atomic E-state index is 12.9. The third-order valence-corrected chi connectivity index (χ3v) is 4.53. The third kappa shape index (κ3) is 4.39. The van der Waals surface area contributed by atoms with E-state index in [-0.39, 0.29) is 17.4 Å². The topological polar surface area (TPSA) is 81.0 Å². The van der Waals surface area contributed by atoms with Crippen molar-refractivity contribution in [3.05, 3.63) is 65.1 Å². The molecular formula is C22H27N5O2. The number of amides is 2. The average molecular weight is 393 g/mol. The molecule has 1 aromatic carbocycles. The van der Waals surface area contributed by atoms with Gasteiger partial charge in [0.25, 0.3) is 11.8 Å². The number of benzene rings is 1. The quantitative estimate of drug-likeness (QED) is 0.711. The van der Waals surface area contributed by atoms with Crippen LogP contribution in [0.2, 0.25) is 0 Å². The van der Waals surface area contributed by atoms with Crippen molar-refractivity contribution >= 4 is 17.5 Å². The van der Waals surface area contributed by atoms with Crippen LogP contribution in [0.3, 0.4) is 0 Å². The fraction of sp³-hybridized carbons (Fsp3) is 0.318. The van der Waals surface area contributed by atoms with Crippen LogP contribution >= 0.6 is 0 Å². The van der Waals surface area contributed by atoms with E-state index < -0.39 is 0 Å². The van der Waals surface area contributed by atoms with Gasteiger partial charge >= 0.3 is 0 Å². The zero-order chi connectivity index (χ0) is 21.3. The first-order valence-corrected chi connectivity index (χ1v) is 9.48. The summed E-state index contributed by atoms with van der Waals surface area (Å²) in [6.45, 7) is 9.77. The molecule has 2 aromatic heterocycles. The fourth-order valence-corrected chi connectivity index (χ4v) is 3.18. The first-order chi connectivity index (χ1) is 13.6. The maximum Gasteiger partial charge on any atom is 0.261 e. The lowest BCUT2D eigenvalue weighted by atomic mass is 10.1. The number of hydrogen-bond donors (Lipinski definition) is 2. The number of hydrogen-bond acceptors (Lipinski definition) is 3. The predicted octanol–water partition coefficient (Wildman–Crippen LogP) is 3.61. The average Bonchev–Trinajstić information content (AvgIpc) is 3.16. The van der Waals surface area contributed by atoms with E-state index in [4.69, 9.17) is 0 Å². The molecule has 0 spiro atoms. The largest absolute Gasteiger partial charge is 0.347 e. The second kappa shape index (κ2) is 7.58. The van der Waals surface area contributed by atoms with E-state index in [1.165, 1.54) is 0 Å². The van der Waals surface area contributed by atoms with Gasteiger partial charge in [-0.05, 0) is 71.0 Å². The molecule has 0 saturated carbocycles. The van der Waals surface area contributed by atoms with Gasteiger partial charge in [-0.25, -0.2) is 0 Å². The minimum atomic E-state index is -0.310. The molecule has 2 amide bonds. The first-order valence-electron chi connectivity index (χ1n) is 9.48. The Bertz CT molecular complexity index is 1030. The molecular weight excluding hydrogens is 366 g/mol. The van der Waals surface area contributed by atoms with E-state index in [2.05, 4.69) is 15.7 Å². The number of nitrogens with zero attached hydrogens (tertiary/aromatic N) is 3. The summed E-state index contributed by atoms with van der Waals surface area (Å²) in [6, 6.07) is 10.8. The number of anilines is 1. The molecule has 0 radical (unpaired) electrons. The molecule has 0 atom stereocenters. The van der Waals surface area contributed by atoms with E-state index in [1.54, 1.807) is 35.1 Å². The molecule has 7 nitrogen and oxygen atoms in total. The predicted molar refractivity (Wildman–Crippen MR) is 114 cm³/mol. The van der Waals surface area contributed by atoms with Crippen molar-refractivity contribution in [3.8, 4) is 5.82 Å². The number of rotatable bonds is 4. The molecule has 3 aromatic rings. The molecule has 7 heteroatoms. The highest BCUT2D eigenvalue weighted by Crippen LogP contribution is 2.21. The van der Waals surface area contributed by atoms with Crippen molar-refractivity contribution in [3.63, 3.8) is 0 Å². The third-order valence-electron chi connectivity index (χ3n) is 4.53. The summed E-state index contributed by atoms with van der Waals surface area (Å²) in [6.07, 6.45) is 1.56. The van der Waals surface area contributed by atoms with Crippen LogP contribution < -0.4 is 10.6 Å². The summed E-state index contributed by atoms with van der Waals surface area (Å²) in [5, 5.41) is 10.1. The summed E-state index contributed by atoms with van der Waals surface area (Å²) >= 11 is 0. The molecule has 0 aliphatic rings. The molecule has 29 heavy (non-hydrogen) atoms. The van der Waals surface area contributed by atoms with Crippen molar-refractivity contribution in [2.75, 3.05) is 5.32 Å². The number of carbonyl (C=O) groups excluding carboxylic acids is 2. The van der Waals surface area contributed by atoms with Crippen LogP contribution in [0, 0.1) is 13.8 Å². The van der Waals surface area contributed by atoms with Crippen LogP contribution in [0.5, 0.6) is 0 Å².